The Balaban J connectivity index is 1.89. The first-order valence-electron chi connectivity index (χ1n) is 7.75. The molecule has 1 aromatic heterocycles. The minimum Gasteiger partial charge on any atom is -0.387 e. The van der Waals surface area contributed by atoms with Gasteiger partial charge in [0.25, 0.3) is 5.56 Å². The summed E-state index contributed by atoms with van der Waals surface area (Å²) in [6.45, 7) is 7.08. The summed E-state index contributed by atoms with van der Waals surface area (Å²) in [5.41, 5.74) is -0.978. The van der Waals surface area contributed by atoms with E-state index in [2.05, 4.69) is 9.97 Å². The van der Waals surface area contributed by atoms with Crippen molar-refractivity contribution in [2.45, 2.75) is 63.7 Å². The molecule has 9 heteroatoms. The molecule has 2 fully saturated rings. The molecular weight excluding hydrogens is 320 g/mol. The first kappa shape index (κ1) is 17.3. The number of nitrogens with one attached hydrogen (secondary N) is 2. The molecule has 0 bridgehead atoms. The molecule has 134 valence electrons. The molecule has 3 N–H and O–H groups in total. The zero-order valence-corrected chi connectivity index (χ0v) is 14.0. The monoisotopic (exact) mass is 342 g/mol. The summed E-state index contributed by atoms with van der Waals surface area (Å²) in [4.78, 5) is 27.7. The van der Waals surface area contributed by atoms with Crippen LogP contribution in [0.15, 0.2) is 15.7 Å². The number of aromatic nitrogens is 2. The summed E-state index contributed by atoms with van der Waals surface area (Å²) >= 11 is 0. The number of ether oxygens (including phenoxy) is 4. The van der Waals surface area contributed by atoms with Crippen LogP contribution in [0, 0.1) is 0 Å². The van der Waals surface area contributed by atoms with Crippen LogP contribution < -0.4 is 11.2 Å². The first-order chi connectivity index (χ1) is 11.1. The first-order valence-corrected chi connectivity index (χ1v) is 7.75. The van der Waals surface area contributed by atoms with E-state index < -0.39 is 47.2 Å². The minimum atomic E-state index is -1.07. The van der Waals surface area contributed by atoms with E-state index >= 15 is 0 Å². The Hall–Kier alpha value is -1.52. The molecule has 0 aromatic carbocycles. The summed E-state index contributed by atoms with van der Waals surface area (Å²) in [5.74, 6) is -1.79. The van der Waals surface area contributed by atoms with Gasteiger partial charge in [-0.2, -0.15) is 0 Å². The maximum absolute atomic E-state index is 11.6. The highest BCUT2D eigenvalue weighted by Crippen LogP contribution is 2.40. The Morgan fingerprint density at radius 3 is 2.42 bits per heavy atom. The van der Waals surface area contributed by atoms with Gasteiger partial charge < -0.3 is 29.0 Å². The van der Waals surface area contributed by atoms with Crippen molar-refractivity contribution in [3.05, 3.63) is 32.6 Å². The molecule has 1 aromatic rings. The molecule has 2 aliphatic rings. The van der Waals surface area contributed by atoms with Gasteiger partial charge in [-0.05, 0) is 27.7 Å². The van der Waals surface area contributed by atoms with E-state index in [0.717, 1.165) is 0 Å². The maximum atomic E-state index is 11.6. The molecule has 2 saturated heterocycles. The van der Waals surface area contributed by atoms with E-state index in [-0.39, 0.29) is 12.3 Å². The minimum absolute atomic E-state index is 0.201. The lowest BCUT2D eigenvalue weighted by Crippen LogP contribution is -2.43. The normalized spacial score (nSPS) is 32.8. The number of hydrogen-bond donors (Lipinski definition) is 3. The van der Waals surface area contributed by atoms with Crippen molar-refractivity contribution in [2.24, 2.45) is 0 Å². The topological polar surface area (TPSA) is 123 Å². The summed E-state index contributed by atoms with van der Waals surface area (Å²) in [6, 6.07) is 1.21. The van der Waals surface area contributed by atoms with Crippen molar-refractivity contribution in [1.82, 2.24) is 9.97 Å². The van der Waals surface area contributed by atoms with Crippen LogP contribution >= 0.6 is 0 Å². The van der Waals surface area contributed by atoms with E-state index in [0.29, 0.717) is 0 Å². The zero-order valence-electron chi connectivity index (χ0n) is 14.0. The van der Waals surface area contributed by atoms with Gasteiger partial charge in [-0.15, -0.1) is 0 Å². The highest BCUT2D eigenvalue weighted by molar-refractivity contribution is 5.09. The van der Waals surface area contributed by atoms with Gasteiger partial charge in [0.2, 0.25) is 0 Å². The van der Waals surface area contributed by atoms with Crippen LogP contribution in [0.5, 0.6) is 0 Å². The molecule has 4 atom stereocenters. The van der Waals surface area contributed by atoms with Gasteiger partial charge in [-0.25, -0.2) is 4.79 Å². The summed E-state index contributed by atoms with van der Waals surface area (Å²) in [7, 11) is 0. The molecule has 0 saturated carbocycles. The molecular formula is C15H22N2O7. The molecule has 9 nitrogen and oxygen atoms in total. The van der Waals surface area contributed by atoms with Crippen LogP contribution in [0.2, 0.25) is 0 Å². The number of H-pyrrole nitrogens is 2. The number of hydrogen-bond acceptors (Lipinski definition) is 7. The van der Waals surface area contributed by atoms with Crippen molar-refractivity contribution in [3.8, 4) is 0 Å². The third-order valence-electron chi connectivity index (χ3n) is 3.96. The van der Waals surface area contributed by atoms with Crippen molar-refractivity contribution in [3.63, 3.8) is 0 Å². The summed E-state index contributed by atoms with van der Waals surface area (Å²) in [5, 5.41) is 10.7. The van der Waals surface area contributed by atoms with Crippen LogP contribution in [0.25, 0.3) is 0 Å². The highest BCUT2D eigenvalue weighted by Gasteiger charge is 2.50. The van der Waals surface area contributed by atoms with Gasteiger partial charge in [0, 0.05) is 6.07 Å². The lowest BCUT2D eigenvalue weighted by Gasteiger charge is -2.26. The fourth-order valence-corrected chi connectivity index (χ4v) is 3.02. The second-order valence-electron chi connectivity index (χ2n) is 6.92. The van der Waals surface area contributed by atoms with Crippen molar-refractivity contribution < 1.29 is 24.1 Å². The van der Waals surface area contributed by atoms with E-state index in [1.54, 1.807) is 27.7 Å². The van der Waals surface area contributed by atoms with Gasteiger partial charge in [0.05, 0.1) is 12.3 Å². The molecule has 0 spiro atoms. The Kier molecular flexibility index (Phi) is 4.17. The lowest BCUT2D eigenvalue weighted by atomic mass is 10.0. The Morgan fingerprint density at radius 2 is 1.83 bits per heavy atom. The summed E-state index contributed by atoms with van der Waals surface area (Å²) < 4.78 is 22.7. The van der Waals surface area contributed by atoms with Gasteiger partial charge >= 0.3 is 5.69 Å². The molecule has 24 heavy (non-hydrogen) atoms. The van der Waals surface area contributed by atoms with Crippen LogP contribution in [0.3, 0.4) is 0 Å². The number of aromatic amines is 2. The predicted molar refractivity (Wildman–Crippen MR) is 81.4 cm³/mol. The predicted octanol–water partition coefficient (Wildman–Crippen LogP) is -0.232. The maximum Gasteiger partial charge on any atom is 0.325 e. The van der Waals surface area contributed by atoms with Gasteiger partial charge in [-0.3, -0.25) is 9.78 Å². The quantitative estimate of drug-likeness (QED) is 0.693. The van der Waals surface area contributed by atoms with Gasteiger partial charge in [0.15, 0.2) is 11.6 Å². The third-order valence-corrected chi connectivity index (χ3v) is 3.96. The van der Waals surface area contributed by atoms with Crippen LogP contribution in [-0.2, 0) is 18.9 Å². The molecule has 3 heterocycles. The largest absolute Gasteiger partial charge is 0.387 e. The third kappa shape index (κ3) is 3.45. The standard InChI is InChI=1S/C15H22N2O7/c1-14(2)21-6-8(22-14)10(19)12-11(23-15(3,4)24-12)7-5-9(18)17-13(20)16-7/h5,8,10-12,19H,6H2,1-4H3,(H2,16,17,18,20)/t8-,10-,11-,12+/m1/s1. The van der Waals surface area contributed by atoms with E-state index in [4.69, 9.17) is 18.9 Å². The molecule has 3 rings (SSSR count). The number of aliphatic hydroxyl groups excluding tert-OH is 1. The van der Waals surface area contributed by atoms with Crippen LogP contribution in [0.1, 0.15) is 39.5 Å². The highest BCUT2D eigenvalue weighted by atomic mass is 16.8. The van der Waals surface area contributed by atoms with Crippen molar-refractivity contribution in [2.75, 3.05) is 6.61 Å². The molecule has 0 unspecified atom stereocenters. The van der Waals surface area contributed by atoms with Gasteiger partial charge in [-0.1, -0.05) is 0 Å². The second-order valence-corrected chi connectivity index (χ2v) is 6.92. The zero-order chi connectivity index (χ0) is 17.7. The number of aliphatic hydroxyl groups is 1. The van der Waals surface area contributed by atoms with Crippen LogP contribution in [0.4, 0.5) is 0 Å². The second kappa shape index (κ2) is 5.78. The Labute approximate surface area is 137 Å². The van der Waals surface area contributed by atoms with E-state index in [9.17, 15) is 14.7 Å². The smallest absolute Gasteiger partial charge is 0.325 e. The molecule has 0 aliphatic carbocycles. The fourth-order valence-electron chi connectivity index (χ4n) is 3.02. The average Bonchev–Trinajstić information content (AvgIpc) is 2.96. The van der Waals surface area contributed by atoms with Gasteiger partial charge in [0.1, 0.15) is 24.4 Å². The summed E-state index contributed by atoms with van der Waals surface area (Å²) in [6.07, 6.45) is -3.34. The average molecular weight is 342 g/mol. The lowest BCUT2D eigenvalue weighted by molar-refractivity contribution is -0.178. The molecule has 0 radical (unpaired) electrons. The Morgan fingerprint density at radius 1 is 1.12 bits per heavy atom. The van der Waals surface area contributed by atoms with Crippen LogP contribution in [-0.4, -0.2) is 51.6 Å². The molecule has 2 aliphatic heterocycles. The van der Waals surface area contributed by atoms with Crippen molar-refractivity contribution in [1.29, 1.82) is 0 Å². The Bertz CT molecular complexity index is 695. The SMILES string of the molecule is CC1(C)O[C@@H]([C@H](O)[C@H]2COC(C)(C)O2)[C@@H](c2cc(=O)[nH]c(=O)[nH]2)O1. The van der Waals surface area contributed by atoms with E-state index in [1.165, 1.54) is 6.07 Å². The fraction of sp³-hybridized carbons (Fsp3) is 0.733. The molecule has 0 amide bonds. The van der Waals surface area contributed by atoms with E-state index in [1.807, 2.05) is 0 Å². The van der Waals surface area contributed by atoms with Crippen molar-refractivity contribution >= 4 is 0 Å². The number of rotatable bonds is 3.